The first kappa shape index (κ1) is 60.5. The second kappa shape index (κ2) is 28.4. The number of ether oxygens (including phenoxy) is 4. The predicted octanol–water partition coefficient (Wildman–Crippen LogP) is 6.78. The highest BCUT2D eigenvalue weighted by Gasteiger charge is 2.65. The van der Waals surface area contributed by atoms with Gasteiger partial charge in [0.2, 0.25) is 23.6 Å². The molecule has 0 bridgehead atoms. The van der Waals surface area contributed by atoms with Gasteiger partial charge in [0, 0.05) is 107 Å². The van der Waals surface area contributed by atoms with Crippen molar-refractivity contribution in [2.24, 2.45) is 17.8 Å². The number of aromatic nitrogens is 2. The van der Waals surface area contributed by atoms with Crippen LogP contribution in [-0.4, -0.2) is 140 Å². The summed E-state index contributed by atoms with van der Waals surface area (Å²) >= 11 is 0. The molecule has 5 N–H and O–H groups in total. The van der Waals surface area contributed by atoms with Gasteiger partial charge in [-0.2, -0.15) is 13.2 Å². The van der Waals surface area contributed by atoms with Crippen molar-refractivity contribution in [1.29, 1.82) is 0 Å². The molecule has 1 aromatic carbocycles. The number of halogens is 4. The Bertz CT molecular complexity index is 2550. The Morgan fingerprint density at radius 2 is 1.49 bits per heavy atom. The minimum Gasteiger partial charge on any atom is -0.381 e. The zero-order valence-corrected chi connectivity index (χ0v) is 45.5. The quantitative estimate of drug-likeness (QED) is 0.0437. The lowest BCUT2D eigenvalue weighted by Gasteiger charge is -2.32. The number of benzene rings is 1. The number of rotatable bonds is 25. The third kappa shape index (κ3) is 16.3. The monoisotopic (exact) mass is 1110 g/mol. The van der Waals surface area contributed by atoms with E-state index < -0.39 is 53.3 Å². The minimum atomic E-state index is -4.80. The van der Waals surface area contributed by atoms with Crippen molar-refractivity contribution in [3.8, 4) is 0 Å². The average Bonchev–Trinajstić information content (AvgIpc) is 4.05. The van der Waals surface area contributed by atoms with Gasteiger partial charge < -0.3 is 50.4 Å². The molecule has 4 heterocycles. The maximum absolute atomic E-state index is 14.3. The maximum Gasteiger partial charge on any atom is 0.417 e. The highest BCUT2D eigenvalue weighted by Crippen LogP contribution is 2.54. The highest BCUT2D eigenvalue weighted by molar-refractivity contribution is 5.98. The fourth-order valence-electron chi connectivity index (χ4n) is 11.3. The molecule has 3 aromatic rings. The van der Waals surface area contributed by atoms with Crippen molar-refractivity contribution in [2.45, 2.75) is 152 Å². The van der Waals surface area contributed by atoms with Gasteiger partial charge in [-0.25, -0.2) is 4.39 Å². The van der Waals surface area contributed by atoms with Crippen LogP contribution in [0.5, 0.6) is 0 Å². The molecule has 0 spiro atoms. The molecular weight excluding hydrogens is 1030 g/mol. The number of hydrogen-bond acceptors (Lipinski definition) is 12. The number of alkyl halides is 3. The summed E-state index contributed by atoms with van der Waals surface area (Å²) in [5.74, 6) is -5.05. The summed E-state index contributed by atoms with van der Waals surface area (Å²) in [6.07, 6.45) is 6.95. The molecule has 2 aliphatic carbocycles. The lowest BCUT2D eigenvalue weighted by molar-refractivity contribution is -0.272. The smallest absolute Gasteiger partial charge is 0.381 e. The Hall–Kier alpha value is -6.10. The topological polar surface area (TPSA) is 229 Å². The Morgan fingerprint density at radius 3 is 2.16 bits per heavy atom. The minimum absolute atomic E-state index is 0.00978. The summed E-state index contributed by atoms with van der Waals surface area (Å²) in [4.78, 5) is 87.4. The first-order valence-corrected chi connectivity index (χ1v) is 27.7. The number of nitrogens with zero attached hydrogens (tertiary/aromatic N) is 3. The van der Waals surface area contributed by atoms with Crippen molar-refractivity contribution in [1.82, 2.24) is 36.1 Å². The fourth-order valence-corrected chi connectivity index (χ4v) is 11.3. The molecule has 4 aliphatic rings. The van der Waals surface area contributed by atoms with Gasteiger partial charge >= 0.3 is 6.18 Å². The molecule has 2 saturated carbocycles. The Labute approximate surface area is 459 Å². The molecule has 6 atom stereocenters. The largest absolute Gasteiger partial charge is 0.417 e. The van der Waals surface area contributed by atoms with Crippen LogP contribution in [0.15, 0.2) is 61.1 Å². The highest BCUT2D eigenvalue weighted by atomic mass is 19.4. The molecule has 6 amide bonds. The van der Waals surface area contributed by atoms with Crippen LogP contribution in [0, 0.1) is 30.5 Å². The first-order chi connectivity index (χ1) is 37.8. The lowest BCUT2D eigenvalue weighted by Crippen LogP contribution is -2.47. The Morgan fingerprint density at radius 1 is 0.810 bits per heavy atom. The van der Waals surface area contributed by atoms with Gasteiger partial charge in [-0.05, 0) is 131 Å². The molecule has 0 unspecified atom stereocenters. The number of likely N-dealkylation sites (tertiary alicyclic amines) is 1. The third-order valence-electron chi connectivity index (χ3n) is 16.0. The molecule has 2 aromatic heterocycles. The van der Waals surface area contributed by atoms with Crippen LogP contribution in [0.25, 0.3) is 0 Å². The van der Waals surface area contributed by atoms with Gasteiger partial charge in [0.15, 0.2) is 5.60 Å². The van der Waals surface area contributed by atoms with E-state index in [1.54, 1.807) is 37.3 Å². The van der Waals surface area contributed by atoms with Crippen LogP contribution in [0.2, 0.25) is 0 Å². The summed E-state index contributed by atoms with van der Waals surface area (Å²) in [5.41, 5.74) is -0.974. The molecule has 0 radical (unpaired) electrons. The van der Waals surface area contributed by atoms with E-state index in [0.29, 0.717) is 89.2 Å². The lowest BCUT2D eigenvalue weighted by atomic mass is 9.76. The standard InChI is InChI=1S/C57H76F4N8O10/c1-35-31-39(58)13-20-44(35)49-36(2)56(3,57(59,60)61)79-51(49)55(75)68-41-21-25-63-46(32-41)54(74)65-24-8-28-76-27-7-23-64-52(72)37-11-14-40(15-12-37)67-47(70)10-6-29-77-42-16-18-43(19-17-42)78-30-26-66-53(73)45-33-48(71)69(4)50(45)38-9-5-22-62-34-38/h5,9,13,20-22,25,31-32,34,36-37,40,42-43,45,49-51H,6-8,10-12,14-19,23-24,26-30,33H2,1-4H3,(H,64,72)(H,65,74)(H,66,73)(H,67,70)(H,63,68,75)/t36-,37?,40?,42?,43?,45-,49-,50+,51+,56+/m0/s1. The zero-order valence-electron chi connectivity index (χ0n) is 45.5. The van der Waals surface area contributed by atoms with E-state index in [-0.39, 0.29) is 78.2 Å². The van der Waals surface area contributed by atoms with E-state index in [0.717, 1.165) is 57.1 Å². The van der Waals surface area contributed by atoms with E-state index in [1.165, 1.54) is 37.4 Å². The molecule has 2 saturated heterocycles. The first-order valence-electron chi connectivity index (χ1n) is 27.7. The predicted molar refractivity (Wildman–Crippen MR) is 283 cm³/mol. The number of hydrogen-bond donors (Lipinski definition) is 5. The summed E-state index contributed by atoms with van der Waals surface area (Å²) in [6, 6.07) is 9.80. The van der Waals surface area contributed by atoms with Crippen molar-refractivity contribution in [2.75, 3.05) is 58.4 Å². The number of nitrogens with one attached hydrogen (secondary N) is 5. The van der Waals surface area contributed by atoms with E-state index in [4.69, 9.17) is 18.9 Å². The van der Waals surface area contributed by atoms with Crippen LogP contribution in [-0.2, 0) is 42.9 Å². The van der Waals surface area contributed by atoms with Gasteiger partial charge in [-0.1, -0.05) is 19.1 Å². The summed E-state index contributed by atoms with van der Waals surface area (Å²) in [6.45, 7) is 6.51. The molecular formula is C57H76F4N8O10. The van der Waals surface area contributed by atoms with Crippen LogP contribution in [0.3, 0.4) is 0 Å². The van der Waals surface area contributed by atoms with Gasteiger partial charge in [-0.3, -0.25) is 38.7 Å². The fraction of sp³-hybridized carbons (Fsp3) is 0.614. The SMILES string of the molecule is Cc1cc(F)ccc1[C@H]1[C@H](C(=O)Nc2ccnc(C(=O)NCCCOCCCNC(=O)C3CCC(NC(=O)CCCOC4CCC(OCCNC(=O)[C@H]5CC(=O)N(C)[C@@H]5c5cccnc5)CC4)CC3)c2)O[C@@](C)(C(F)(F)F)[C@H]1C. The summed E-state index contributed by atoms with van der Waals surface area (Å²) in [7, 11) is 1.72. The van der Waals surface area contributed by atoms with Gasteiger partial charge in [0.25, 0.3) is 11.8 Å². The Kier molecular flexibility index (Phi) is 21.7. The van der Waals surface area contributed by atoms with Crippen LogP contribution in [0.4, 0.5) is 23.2 Å². The molecule has 2 aliphatic heterocycles. The van der Waals surface area contributed by atoms with E-state index in [2.05, 4.69) is 36.6 Å². The maximum atomic E-state index is 14.3. The number of carbonyl (C=O) groups excluding carboxylic acids is 6. The second-order valence-electron chi connectivity index (χ2n) is 21.4. The van der Waals surface area contributed by atoms with Gasteiger partial charge in [0.05, 0.1) is 30.8 Å². The van der Waals surface area contributed by atoms with Crippen molar-refractivity contribution >= 4 is 41.1 Å². The molecule has 79 heavy (non-hydrogen) atoms. The van der Waals surface area contributed by atoms with Crippen molar-refractivity contribution in [3.05, 3.63) is 89.3 Å². The Balaban J connectivity index is 0.678. The van der Waals surface area contributed by atoms with E-state index in [1.807, 2.05) is 6.07 Å². The molecule has 7 rings (SSSR count). The summed E-state index contributed by atoms with van der Waals surface area (Å²) in [5, 5.41) is 14.4. The number of anilines is 1. The second-order valence-corrected chi connectivity index (χ2v) is 21.4. The zero-order chi connectivity index (χ0) is 56.7. The average molecular weight is 1110 g/mol. The summed E-state index contributed by atoms with van der Waals surface area (Å²) < 4.78 is 80.2. The van der Waals surface area contributed by atoms with Crippen molar-refractivity contribution in [3.63, 3.8) is 0 Å². The number of pyridine rings is 2. The normalized spacial score (nSPS) is 26.1. The molecule has 4 fully saturated rings. The van der Waals surface area contributed by atoms with Crippen molar-refractivity contribution < 1.29 is 65.3 Å². The number of carbonyl (C=O) groups is 6. The van der Waals surface area contributed by atoms with Crippen LogP contribution >= 0.6 is 0 Å². The van der Waals surface area contributed by atoms with E-state index in [9.17, 15) is 46.3 Å². The molecule has 22 heteroatoms. The van der Waals surface area contributed by atoms with Crippen LogP contribution < -0.4 is 26.6 Å². The molecule has 432 valence electrons. The number of aryl methyl sites for hydroxylation is 1. The van der Waals surface area contributed by atoms with Gasteiger partial charge in [0.1, 0.15) is 17.6 Å². The number of amides is 6. The van der Waals surface area contributed by atoms with E-state index >= 15 is 0 Å². The molecule has 18 nitrogen and oxygen atoms in total. The van der Waals surface area contributed by atoms with Crippen LogP contribution in [0.1, 0.15) is 136 Å². The third-order valence-corrected chi connectivity index (χ3v) is 16.0. The van der Waals surface area contributed by atoms with Gasteiger partial charge in [-0.15, -0.1) is 0 Å².